The van der Waals surface area contributed by atoms with Crippen LogP contribution in [0.4, 0.5) is 5.69 Å². The molecule has 0 saturated carbocycles. The van der Waals surface area contributed by atoms with Gasteiger partial charge in [-0.3, -0.25) is 4.90 Å². The molecular weight excluding hydrogens is 354 g/mol. The summed E-state index contributed by atoms with van der Waals surface area (Å²) in [5, 5.41) is 13.1. The molecule has 2 aromatic rings. The number of ether oxygens (including phenoxy) is 3. The molecule has 0 atom stereocenters. The fourth-order valence-corrected chi connectivity index (χ4v) is 3.19. The zero-order chi connectivity index (χ0) is 19.6. The van der Waals surface area contributed by atoms with Gasteiger partial charge in [0.15, 0.2) is 0 Å². The summed E-state index contributed by atoms with van der Waals surface area (Å²) in [6.45, 7) is 6.45. The molecule has 1 heterocycles. The van der Waals surface area contributed by atoms with Gasteiger partial charge >= 0.3 is 0 Å². The van der Waals surface area contributed by atoms with Crippen LogP contribution in [0, 0.1) is 11.3 Å². The molecule has 148 valence electrons. The third-order valence-electron chi connectivity index (χ3n) is 4.74. The van der Waals surface area contributed by atoms with Crippen molar-refractivity contribution in [3.8, 4) is 22.9 Å². The predicted octanol–water partition coefficient (Wildman–Crippen LogP) is 2.99. The molecule has 28 heavy (non-hydrogen) atoms. The molecule has 0 spiro atoms. The zero-order valence-corrected chi connectivity index (χ0v) is 16.3. The van der Waals surface area contributed by atoms with Gasteiger partial charge in [-0.15, -0.1) is 0 Å². The maximum Gasteiger partial charge on any atom is 0.137 e. The number of hydrogen-bond donors (Lipinski definition) is 1. The van der Waals surface area contributed by atoms with Crippen molar-refractivity contribution in [3.63, 3.8) is 0 Å². The van der Waals surface area contributed by atoms with Crippen molar-refractivity contribution in [2.24, 2.45) is 0 Å². The van der Waals surface area contributed by atoms with Gasteiger partial charge in [-0.2, -0.15) is 5.26 Å². The number of nitrogens with zero attached hydrogens (tertiary/aromatic N) is 2. The zero-order valence-electron chi connectivity index (χ0n) is 16.3. The van der Waals surface area contributed by atoms with E-state index in [4.69, 9.17) is 14.2 Å². The van der Waals surface area contributed by atoms with Crippen LogP contribution in [0.25, 0.3) is 11.1 Å². The summed E-state index contributed by atoms with van der Waals surface area (Å²) in [6.07, 6.45) is 0. The van der Waals surface area contributed by atoms with E-state index in [-0.39, 0.29) is 0 Å². The van der Waals surface area contributed by atoms with E-state index in [2.05, 4.69) is 16.3 Å². The number of anilines is 1. The number of benzene rings is 2. The van der Waals surface area contributed by atoms with Gasteiger partial charge in [-0.25, -0.2) is 0 Å². The lowest BCUT2D eigenvalue weighted by Gasteiger charge is -2.26. The van der Waals surface area contributed by atoms with E-state index < -0.39 is 0 Å². The van der Waals surface area contributed by atoms with Crippen LogP contribution in [0.3, 0.4) is 0 Å². The summed E-state index contributed by atoms with van der Waals surface area (Å²) >= 11 is 0. The van der Waals surface area contributed by atoms with Crippen LogP contribution in [0.2, 0.25) is 0 Å². The Morgan fingerprint density at radius 3 is 2.61 bits per heavy atom. The normalized spacial score (nSPS) is 14.4. The van der Waals surface area contributed by atoms with Gasteiger partial charge in [-0.05, 0) is 23.8 Å². The standard InChI is InChI=1S/C22H27N3O3/c1-26-15-16-28-22-4-2-3-20(21(22)17-23)18-5-7-19(8-6-18)24-9-10-25-11-13-27-14-12-25/h2-8,24H,9-16H2,1H3. The van der Waals surface area contributed by atoms with Gasteiger partial charge in [0.25, 0.3) is 0 Å². The third kappa shape index (κ3) is 5.46. The highest BCUT2D eigenvalue weighted by atomic mass is 16.5. The fraction of sp³-hybridized carbons (Fsp3) is 0.409. The molecule has 1 saturated heterocycles. The lowest BCUT2D eigenvalue weighted by Crippen LogP contribution is -2.38. The van der Waals surface area contributed by atoms with Crippen molar-refractivity contribution < 1.29 is 14.2 Å². The highest BCUT2D eigenvalue weighted by Gasteiger charge is 2.12. The minimum Gasteiger partial charge on any atom is -0.490 e. The van der Waals surface area contributed by atoms with E-state index in [1.807, 2.05) is 42.5 Å². The second kappa shape index (κ2) is 10.7. The monoisotopic (exact) mass is 381 g/mol. The summed E-state index contributed by atoms with van der Waals surface area (Å²) in [5.41, 5.74) is 3.49. The first kappa shape index (κ1) is 20.2. The van der Waals surface area contributed by atoms with Crippen molar-refractivity contribution in [3.05, 3.63) is 48.0 Å². The number of methoxy groups -OCH3 is 1. The van der Waals surface area contributed by atoms with Crippen LogP contribution in [0.15, 0.2) is 42.5 Å². The number of hydrogen-bond acceptors (Lipinski definition) is 6. The molecular formula is C22H27N3O3. The molecule has 3 rings (SSSR count). The van der Waals surface area contributed by atoms with E-state index in [0.717, 1.165) is 56.2 Å². The average Bonchev–Trinajstić information content (AvgIpc) is 2.75. The Bertz CT molecular complexity index is 781. The molecule has 6 nitrogen and oxygen atoms in total. The van der Waals surface area contributed by atoms with Crippen LogP contribution >= 0.6 is 0 Å². The summed E-state index contributed by atoms with van der Waals surface area (Å²) < 4.78 is 16.1. The molecule has 0 amide bonds. The number of nitriles is 1. The Morgan fingerprint density at radius 1 is 1.11 bits per heavy atom. The lowest BCUT2D eigenvalue weighted by atomic mass is 9.99. The molecule has 0 radical (unpaired) electrons. The van der Waals surface area contributed by atoms with E-state index in [1.54, 1.807) is 7.11 Å². The van der Waals surface area contributed by atoms with Gasteiger partial charge in [0.1, 0.15) is 24.0 Å². The van der Waals surface area contributed by atoms with Crippen molar-refractivity contribution in [2.45, 2.75) is 0 Å². The lowest BCUT2D eigenvalue weighted by molar-refractivity contribution is 0.0398. The first-order valence-corrected chi connectivity index (χ1v) is 9.61. The average molecular weight is 381 g/mol. The first-order valence-electron chi connectivity index (χ1n) is 9.61. The Morgan fingerprint density at radius 2 is 1.89 bits per heavy atom. The second-order valence-corrected chi connectivity index (χ2v) is 6.59. The molecule has 0 unspecified atom stereocenters. The van der Waals surface area contributed by atoms with Crippen LogP contribution in [-0.2, 0) is 9.47 Å². The second-order valence-electron chi connectivity index (χ2n) is 6.59. The number of nitrogens with one attached hydrogen (secondary N) is 1. The molecule has 0 bridgehead atoms. The fourth-order valence-electron chi connectivity index (χ4n) is 3.19. The Labute approximate surface area is 166 Å². The SMILES string of the molecule is COCCOc1cccc(-c2ccc(NCCN3CCOCC3)cc2)c1C#N. The highest BCUT2D eigenvalue weighted by molar-refractivity contribution is 5.74. The predicted molar refractivity (Wildman–Crippen MR) is 110 cm³/mol. The van der Waals surface area contributed by atoms with Crippen LogP contribution < -0.4 is 10.1 Å². The molecule has 1 aliphatic heterocycles. The molecule has 0 aliphatic carbocycles. The third-order valence-corrected chi connectivity index (χ3v) is 4.74. The Kier molecular flexibility index (Phi) is 7.68. The van der Waals surface area contributed by atoms with E-state index >= 15 is 0 Å². The van der Waals surface area contributed by atoms with Crippen LogP contribution in [-0.4, -0.2) is 64.6 Å². The van der Waals surface area contributed by atoms with Crippen molar-refractivity contribution in [2.75, 3.05) is 65.0 Å². The Hall–Kier alpha value is -2.59. The summed E-state index contributed by atoms with van der Waals surface area (Å²) in [5.74, 6) is 0.588. The van der Waals surface area contributed by atoms with Gasteiger partial charge in [0, 0.05) is 44.5 Å². The highest BCUT2D eigenvalue weighted by Crippen LogP contribution is 2.30. The first-order chi connectivity index (χ1) is 13.8. The topological polar surface area (TPSA) is 66.8 Å². The maximum atomic E-state index is 9.62. The largest absolute Gasteiger partial charge is 0.490 e. The minimum absolute atomic E-state index is 0.417. The van der Waals surface area contributed by atoms with Crippen molar-refractivity contribution >= 4 is 5.69 Å². The van der Waals surface area contributed by atoms with Gasteiger partial charge < -0.3 is 19.5 Å². The van der Waals surface area contributed by atoms with Crippen LogP contribution in [0.5, 0.6) is 5.75 Å². The molecule has 0 aromatic heterocycles. The molecule has 1 aliphatic rings. The van der Waals surface area contributed by atoms with Crippen molar-refractivity contribution in [1.82, 2.24) is 4.90 Å². The maximum absolute atomic E-state index is 9.62. The number of morpholine rings is 1. The quantitative estimate of drug-likeness (QED) is 0.674. The van der Waals surface area contributed by atoms with Crippen molar-refractivity contribution in [1.29, 1.82) is 5.26 Å². The molecule has 1 fully saturated rings. The van der Waals surface area contributed by atoms with Gasteiger partial charge in [0.05, 0.1) is 19.8 Å². The number of rotatable bonds is 9. The molecule has 6 heteroatoms. The molecule has 2 aromatic carbocycles. The van der Waals surface area contributed by atoms with Gasteiger partial charge in [-0.1, -0.05) is 24.3 Å². The van der Waals surface area contributed by atoms with Crippen LogP contribution in [0.1, 0.15) is 5.56 Å². The van der Waals surface area contributed by atoms with E-state index in [0.29, 0.717) is 24.5 Å². The minimum atomic E-state index is 0.417. The Balaban J connectivity index is 1.62. The van der Waals surface area contributed by atoms with Gasteiger partial charge in [0.2, 0.25) is 0 Å². The summed E-state index contributed by atoms with van der Waals surface area (Å²) in [4.78, 5) is 2.40. The smallest absolute Gasteiger partial charge is 0.137 e. The molecule has 1 N–H and O–H groups in total. The summed E-state index contributed by atoms with van der Waals surface area (Å²) in [6, 6.07) is 16.1. The van der Waals surface area contributed by atoms with E-state index in [1.165, 1.54) is 0 Å². The van der Waals surface area contributed by atoms with E-state index in [9.17, 15) is 5.26 Å². The summed E-state index contributed by atoms with van der Waals surface area (Å²) in [7, 11) is 1.63.